The number of aromatic nitrogens is 3. The molecule has 1 aliphatic rings. The Morgan fingerprint density at radius 1 is 0.717 bits per heavy atom. The van der Waals surface area contributed by atoms with Crippen molar-refractivity contribution < 1.29 is 28.1 Å². The molecule has 4 aromatic carbocycles. The second-order valence-electron chi connectivity index (χ2n) is 9.47. The van der Waals surface area contributed by atoms with Crippen LogP contribution in [0.25, 0.3) is 0 Å². The first-order chi connectivity index (χ1) is 22.3. The Morgan fingerprint density at radius 2 is 1.43 bits per heavy atom. The molecule has 0 radical (unpaired) electrons. The first-order valence-corrected chi connectivity index (χ1v) is 15.7. The van der Waals surface area contributed by atoms with Gasteiger partial charge in [0.05, 0.1) is 38.0 Å². The third-order valence-corrected chi connectivity index (χ3v) is 8.41. The van der Waals surface area contributed by atoms with Gasteiger partial charge in [0.1, 0.15) is 0 Å². The van der Waals surface area contributed by atoms with Crippen LogP contribution in [0.3, 0.4) is 0 Å². The number of fused-ring (bicyclic) bond motifs is 2. The van der Waals surface area contributed by atoms with Crippen molar-refractivity contribution in [3.63, 3.8) is 0 Å². The molecule has 17 heteroatoms. The van der Waals surface area contributed by atoms with E-state index >= 15 is 0 Å². The summed E-state index contributed by atoms with van der Waals surface area (Å²) in [4.78, 5) is 45.9. The second-order valence-corrected chi connectivity index (χ2v) is 11.7. The highest BCUT2D eigenvalue weighted by molar-refractivity contribution is 7.94. The zero-order chi connectivity index (χ0) is 32.4. The first kappa shape index (κ1) is 31.4. The van der Waals surface area contributed by atoms with Crippen molar-refractivity contribution in [3.8, 4) is 6.01 Å². The minimum atomic E-state index is -0.436. The van der Waals surface area contributed by atoms with Crippen molar-refractivity contribution in [1.29, 1.82) is 0 Å². The molecule has 5 aromatic rings. The molecule has 13 nitrogen and oxygen atoms in total. The van der Waals surface area contributed by atoms with Crippen LogP contribution in [0.15, 0.2) is 87.5 Å². The quantitative estimate of drug-likeness (QED) is 0.0422. The monoisotopic (exact) mass is 693 g/mol. The van der Waals surface area contributed by atoms with Gasteiger partial charge < -0.3 is 34.9 Å². The van der Waals surface area contributed by atoms with E-state index in [1.165, 1.54) is 6.07 Å². The van der Waals surface area contributed by atoms with E-state index in [0.29, 0.717) is 57.3 Å². The Kier molecular flexibility index (Phi) is 9.18. The van der Waals surface area contributed by atoms with Gasteiger partial charge in [0, 0.05) is 63.5 Å². The number of hydrogen-bond donors (Lipinski definition) is 7. The molecular formula is C29H20ClN7O6S3. The zero-order valence-corrected chi connectivity index (χ0v) is 26.2. The molecule has 232 valence electrons. The van der Waals surface area contributed by atoms with Gasteiger partial charge in [-0.1, -0.05) is 30.3 Å². The number of nitrogen functional groups attached to an aromatic ring is 1. The molecular weight excluding hydrogens is 674 g/mol. The maximum atomic E-state index is 13.6. The summed E-state index contributed by atoms with van der Waals surface area (Å²) in [5.74, 6) is -0.777. The van der Waals surface area contributed by atoms with E-state index in [1.807, 2.05) is 0 Å². The van der Waals surface area contributed by atoms with E-state index < -0.39 is 11.6 Å². The van der Waals surface area contributed by atoms with E-state index in [2.05, 4.69) is 31.1 Å². The number of ketones is 2. The van der Waals surface area contributed by atoms with Crippen LogP contribution in [0.2, 0.25) is 5.28 Å². The summed E-state index contributed by atoms with van der Waals surface area (Å²) in [6, 6.07) is 19.3. The fourth-order valence-corrected chi connectivity index (χ4v) is 5.85. The Morgan fingerprint density at radius 3 is 2.15 bits per heavy atom. The van der Waals surface area contributed by atoms with Gasteiger partial charge in [-0.25, -0.2) is 5.48 Å². The van der Waals surface area contributed by atoms with Crippen molar-refractivity contribution in [3.05, 3.63) is 100 Å². The zero-order valence-electron chi connectivity index (χ0n) is 23.0. The number of carbonyl (C=O) groups is 2. The van der Waals surface area contributed by atoms with E-state index in [4.69, 9.17) is 22.2 Å². The third-order valence-electron chi connectivity index (χ3n) is 6.69. The summed E-state index contributed by atoms with van der Waals surface area (Å²) in [6.07, 6.45) is 0. The van der Waals surface area contributed by atoms with E-state index in [1.54, 1.807) is 66.7 Å². The van der Waals surface area contributed by atoms with Gasteiger partial charge in [0.2, 0.25) is 11.2 Å². The molecule has 0 spiro atoms. The standard InChI is InChI=1S/C29H20ClN7O6S3/c30-27-34-28(33-13-4-3-5-15(10-13)44-40)36-29(35-27)43-37-18-11-14(8-9-20(18)45-41)32-19-12-21(46-42)24(31)23-22(19)25(38)16-6-1-2-7-17(16)26(23)39/h1-12,32,37,40-42H,31H2,(H,33,34,35,36). The van der Waals surface area contributed by atoms with Gasteiger partial charge in [0.25, 0.3) is 0 Å². The molecule has 0 amide bonds. The normalized spacial score (nSPS) is 11.9. The number of benzene rings is 4. The summed E-state index contributed by atoms with van der Waals surface area (Å²) in [5, 5.41) is 5.92. The molecule has 0 aliphatic heterocycles. The largest absolute Gasteiger partial charge is 0.397 e. The maximum absolute atomic E-state index is 13.6. The Balaban J connectivity index is 1.28. The van der Waals surface area contributed by atoms with Crippen molar-refractivity contribution >= 4 is 93.7 Å². The number of rotatable bonds is 10. The lowest BCUT2D eigenvalue weighted by Gasteiger charge is -2.23. The third kappa shape index (κ3) is 6.27. The lowest BCUT2D eigenvalue weighted by Crippen LogP contribution is -2.24. The molecule has 6 rings (SSSR count). The smallest absolute Gasteiger partial charge is 0.348 e. The topological polar surface area (TPSA) is 205 Å². The SMILES string of the molecule is Nc1c(SO)cc(Nc2ccc(SO)c(NOc3nc(Cl)nc(Nc4cccc(SO)c4)n3)c2)c2c1C(=O)c1ccccc1C2=O. The molecule has 0 fully saturated rings. The number of carbonyl (C=O) groups excluding carboxylic acids is 2. The fourth-order valence-electron chi connectivity index (χ4n) is 4.68. The summed E-state index contributed by atoms with van der Waals surface area (Å²) < 4.78 is 29.1. The van der Waals surface area contributed by atoms with Crippen molar-refractivity contribution in [2.24, 2.45) is 0 Å². The van der Waals surface area contributed by atoms with Crippen molar-refractivity contribution in [1.82, 2.24) is 15.0 Å². The minimum absolute atomic E-state index is 0.00597. The molecule has 1 aromatic heterocycles. The second kappa shape index (κ2) is 13.4. The molecule has 0 unspecified atom stereocenters. The number of nitrogens with one attached hydrogen (secondary N) is 3. The number of anilines is 6. The average Bonchev–Trinajstić information content (AvgIpc) is 3.06. The van der Waals surface area contributed by atoms with Gasteiger partial charge in [-0.3, -0.25) is 9.59 Å². The van der Waals surface area contributed by atoms with E-state index in [0.717, 1.165) is 0 Å². The van der Waals surface area contributed by atoms with Gasteiger partial charge in [-0.15, -0.1) is 0 Å². The minimum Gasteiger partial charge on any atom is -0.397 e. The van der Waals surface area contributed by atoms with Gasteiger partial charge in [0.15, 0.2) is 11.6 Å². The van der Waals surface area contributed by atoms with Crippen LogP contribution in [-0.2, 0) is 0 Å². The number of hydrogen-bond acceptors (Lipinski definition) is 16. The maximum Gasteiger partial charge on any atom is 0.348 e. The number of nitrogens with zero attached hydrogens (tertiary/aromatic N) is 3. The lowest BCUT2D eigenvalue weighted by molar-refractivity contribution is 0.0980. The molecule has 1 aliphatic carbocycles. The molecule has 0 bridgehead atoms. The summed E-state index contributed by atoms with van der Waals surface area (Å²) in [5.41, 5.74) is 10.9. The number of halogens is 1. The molecule has 8 N–H and O–H groups in total. The predicted octanol–water partition coefficient (Wildman–Crippen LogP) is 7.47. The summed E-state index contributed by atoms with van der Waals surface area (Å²) in [7, 11) is 0. The molecule has 0 atom stereocenters. The van der Waals surface area contributed by atoms with Crippen LogP contribution in [0, 0.1) is 0 Å². The Hall–Kier alpha value is -4.55. The Labute approximate surface area is 278 Å². The predicted molar refractivity (Wildman–Crippen MR) is 178 cm³/mol. The highest BCUT2D eigenvalue weighted by atomic mass is 35.5. The van der Waals surface area contributed by atoms with E-state index in [-0.39, 0.29) is 61.5 Å². The van der Waals surface area contributed by atoms with Crippen LogP contribution in [0.4, 0.5) is 34.4 Å². The highest BCUT2D eigenvalue weighted by Crippen LogP contribution is 2.41. The summed E-state index contributed by atoms with van der Waals surface area (Å²) >= 11 is 7.47. The highest BCUT2D eigenvalue weighted by Gasteiger charge is 2.34. The lowest BCUT2D eigenvalue weighted by atomic mass is 9.82. The van der Waals surface area contributed by atoms with Crippen LogP contribution >= 0.6 is 47.7 Å². The molecule has 46 heavy (non-hydrogen) atoms. The van der Waals surface area contributed by atoms with Gasteiger partial charge in [-0.05, 0) is 54.1 Å². The molecule has 0 saturated carbocycles. The van der Waals surface area contributed by atoms with Crippen LogP contribution < -0.4 is 26.7 Å². The average molecular weight is 694 g/mol. The fraction of sp³-hybridized carbons (Fsp3) is 0. The van der Waals surface area contributed by atoms with Gasteiger partial charge >= 0.3 is 6.01 Å². The molecule has 1 heterocycles. The van der Waals surface area contributed by atoms with Crippen LogP contribution in [-0.4, -0.2) is 40.2 Å². The Bertz CT molecular complexity index is 2020. The van der Waals surface area contributed by atoms with Crippen molar-refractivity contribution in [2.75, 3.05) is 21.8 Å². The van der Waals surface area contributed by atoms with Gasteiger partial charge in [-0.2, -0.15) is 15.0 Å². The van der Waals surface area contributed by atoms with Crippen LogP contribution in [0.1, 0.15) is 31.8 Å². The molecule has 0 saturated heterocycles. The number of nitrogens with two attached hydrogens (primary N) is 1. The van der Waals surface area contributed by atoms with Crippen LogP contribution in [0.5, 0.6) is 6.01 Å². The van der Waals surface area contributed by atoms with E-state index in [9.17, 15) is 23.2 Å². The van der Waals surface area contributed by atoms with Crippen molar-refractivity contribution in [2.45, 2.75) is 14.7 Å². The first-order valence-electron chi connectivity index (χ1n) is 13.0. The summed E-state index contributed by atoms with van der Waals surface area (Å²) in [6.45, 7) is 0.